The number of benzene rings is 3. The van der Waals surface area contributed by atoms with Crippen molar-refractivity contribution >= 4 is 46.0 Å². The molecular weight excluding hydrogens is 604 g/mol. The monoisotopic (exact) mass is 644 g/mol. The summed E-state index contributed by atoms with van der Waals surface area (Å²) in [7, 11) is 0. The summed E-state index contributed by atoms with van der Waals surface area (Å²) >= 11 is 6.36. The molecule has 7 N–H and O–H groups in total. The SMILES string of the molecule is Cc1cc(C(=O)NC(C)C)ccc1-c1ccc(C[C@H](NC(=O)C2CCC(CN)CC2)C(=O)Nc2cc(Cl)c3[nH]c(=O)[nH]c3c2)cc1. The largest absolute Gasteiger partial charge is 0.350 e. The van der Waals surface area contributed by atoms with Gasteiger partial charge in [-0.25, -0.2) is 4.79 Å². The molecule has 1 heterocycles. The predicted octanol–water partition coefficient (Wildman–Crippen LogP) is 5.05. The topological polar surface area (TPSA) is 162 Å². The Balaban J connectivity index is 1.34. The van der Waals surface area contributed by atoms with Crippen LogP contribution in [0.1, 0.15) is 61.0 Å². The van der Waals surface area contributed by atoms with E-state index in [1.807, 2.05) is 63.2 Å². The highest BCUT2D eigenvalue weighted by atomic mass is 35.5. The first-order valence-corrected chi connectivity index (χ1v) is 16.1. The number of hydrogen-bond donors (Lipinski definition) is 6. The fourth-order valence-corrected chi connectivity index (χ4v) is 6.36. The van der Waals surface area contributed by atoms with Crippen LogP contribution < -0.4 is 27.4 Å². The summed E-state index contributed by atoms with van der Waals surface area (Å²) in [6.45, 7) is 6.44. The molecule has 3 aromatic carbocycles. The van der Waals surface area contributed by atoms with Crippen molar-refractivity contribution in [3.8, 4) is 11.1 Å². The van der Waals surface area contributed by atoms with Crippen LogP contribution in [0, 0.1) is 18.8 Å². The van der Waals surface area contributed by atoms with Gasteiger partial charge in [-0.1, -0.05) is 41.9 Å². The minimum Gasteiger partial charge on any atom is -0.350 e. The van der Waals surface area contributed by atoms with E-state index in [0.717, 1.165) is 47.9 Å². The Kier molecular flexibility index (Phi) is 10.3. The van der Waals surface area contributed by atoms with Crippen LogP contribution in [0.2, 0.25) is 5.02 Å². The van der Waals surface area contributed by atoms with Gasteiger partial charge in [0.05, 0.1) is 16.1 Å². The molecule has 0 radical (unpaired) electrons. The number of amides is 3. The average Bonchev–Trinajstić information content (AvgIpc) is 3.41. The minimum absolute atomic E-state index is 0.0492. The van der Waals surface area contributed by atoms with Gasteiger partial charge in [-0.05, 0) is 105 Å². The number of aromatic nitrogens is 2. The fraction of sp³-hybridized carbons (Fsp3) is 0.371. The maximum atomic E-state index is 13.7. The lowest BCUT2D eigenvalue weighted by atomic mass is 9.81. The molecule has 1 aliphatic rings. The van der Waals surface area contributed by atoms with E-state index in [2.05, 4.69) is 25.9 Å². The lowest BCUT2D eigenvalue weighted by Crippen LogP contribution is -2.48. The van der Waals surface area contributed by atoms with E-state index in [1.54, 1.807) is 12.1 Å². The number of nitrogens with one attached hydrogen (secondary N) is 5. The Morgan fingerprint density at radius 3 is 2.33 bits per heavy atom. The van der Waals surface area contributed by atoms with Crippen LogP contribution in [-0.2, 0) is 16.0 Å². The summed E-state index contributed by atoms with van der Waals surface area (Å²) < 4.78 is 0. The Morgan fingerprint density at radius 1 is 0.957 bits per heavy atom. The number of hydrogen-bond acceptors (Lipinski definition) is 5. The van der Waals surface area contributed by atoms with Crippen molar-refractivity contribution in [2.75, 3.05) is 11.9 Å². The Labute approximate surface area is 272 Å². The molecule has 1 atom stereocenters. The molecule has 0 saturated heterocycles. The Morgan fingerprint density at radius 2 is 1.67 bits per heavy atom. The van der Waals surface area contributed by atoms with Crippen LogP contribution in [0.3, 0.4) is 0 Å². The highest BCUT2D eigenvalue weighted by Crippen LogP contribution is 2.29. The van der Waals surface area contributed by atoms with E-state index in [0.29, 0.717) is 34.7 Å². The molecule has 10 nitrogen and oxygen atoms in total. The number of aromatic amines is 2. The van der Waals surface area contributed by atoms with Crippen molar-refractivity contribution in [2.24, 2.45) is 17.6 Å². The van der Waals surface area contributed by atoms with Crippen molar-refractivity contribution in [3.63, 3.8) is 0 Å². The Bertz CT molecular complexity index is 1790. The third-order valence-electron chi connectivity index (χ3n) is 8.64. The van der Waals surface area contributed by atoms with E-state index in [4.69, 9.17) is 17.3 Å². The van der Waals surface area contributed by atoms with Gasteiger partial charge in [-0.3, -0.25) is 14.4 Å². The number of H-pyrrole nitrogens is 2. The molecule has 46 heavy (non-hydrogen) atoms. The summed E-state index contributed by atoms with van der Waals surface area (Å²) in [6.07, 6.45) is 3.52. The molecule has 1 saturated carbocycles. The standard InChI is InChI=1S/C35H41ClN6O4/c1-19(2)38-33(44)25-12-13-27(20(3)14-25)23-8-4-21(5-9-23)15-30(40-32(43)24-10-6-22(18-37)7-11-24)34(45)39-26-16-28(36)31-29(17-26)41-35(46)42-31/h4-5,8-9,12-14,16-17,19,22,24,30H,6-7,10-11,15,18,37H2,1-3H3,(H,38,44)(H,39,45)(H,40,43)(H2,41,42,46)/t22?,24?,30-/m0/s1. The highest BCUT2D eigenvalue weighted by Gasteiger charge is 2.29. The van der Waals surface area contributed by atoms with E-state index in [1.165, 1.54) is 0 Å². The molecule has 1 aromatic heterocycles. The van der Waals surface area contributed by atoms with Crippen molar-refractivity contribution in [1.29, 1.82) is 0 Å². The van der Waals surface area contributed by atoms with Crippen LogP contribution >= 0.6 is 11.6 Å². The van der Waals surface area contributed by atoms with Gasteiger partial charge in [-0.15, -0.1) is 0 Å². The van der Waals surface area contributed by atoms with Crippen molar-refractivity contribution < 1.29 is 14.4 Å². The molecule has 11 heteroatoms. The molecule has 3 amide bonds. The van der Waals surface area contributed by atoms with Gasteiger partial charge in [-0.2, -0.15) is 0 Å². The zero-order valence-electron chi connectivity index (χ0n) is 26.3. The van der Waals surface area contributed by atoms with Gasteiger partial charge < -0.3 is 31.7 Å². The van der Waals surface area contributed by atoms with E-state index in [9.17, 15) is 19.2 Å². The lowest BCUT2D eigenvalue weighted by Gasteiger charge is -2.28. The maximum Gasteiger partial charge on any atom is 0.323 e. The number of aryl methyl sites for hydroxylation is 1. The predicted molar refractivity (Wildman–Crippen MR) is 182 cm³/mol. The number of halogens is 1. The summed E-state index contributed by atoms with van der Waals surface area (Å²) in [5, 5.41) is 9.09. The summed E-state index contributed by atoms with van der Waals surface area (Å²) in [6, 6.07) is 15.9. The highest BCUT2D eigenvalue weighted by molar-refractivity contribution is 6.35. The maximum absolute atomic E-state index is 13.7. The van der Waals surface area contributed by atoms with Gasteiger partial charge in [0.2, 0.25) is 11.8 Å². The molecule has 0 bridgehead atoms. The number of anilines is 1. The molecule has 0 aliphatic heterocycles. The number of nitrogens with two attached hydrogens (primary N) is 1. The van der Waals surface area contributed by atoms with Crippen molar-refractivity contribution in [1.82, 2.24) is 20.6 Å². The van der Waals surface area contributed by atoms with E-state index < -0.39 is 17.6 Å². The average molecular weight is 645 g/mol. The van der Waals surface area contributed by atoms with Crippen LogP contribution in [0.5, 0.6) is 0 Å². The fourth-order valence-electron chi connectivity index (χ4n) is 6.09. The van der Waals surface area contributed by atoms with Crippen LogP contribution in [-0.4, -0.2) is 46.3 Å². The van der Waals surface area contributed by atoms with Crippen molar-refractivity contribution in [3.05, 3.63) is 86.8 Å². The third kappa shape index (κ3) is 7.86. The molecule has 4 aromatic rings. The number of carbonyl (C=O) groups excluding carboxylic acids is 3. The van der Waals surface area contributed by atoms with Gasteiger partial charge in [0.15, 0.2) is 0 Å². The summed E-state index contributed by atoms with van der Waals surface area (Å²) in [5.41, 5.74) is 11.2. The number of rotatable bonds is 10. The number of fused-ring (bicyclic) bond motifs is 1. The summed E-state index contributed by atoms with van der Waals surface area (Å²) in [4.78, 5) is 56.6. The Hall–Kier alpha value is -4.41. The van der Waals surface area contributed by atoms with Gasteiger partial charge >= 0.3 is 5.69 Å². The molecule has 242 valence electrons. The van der Waals surface area contributed by atoms with Crippen LogP contribution in [0.4, 0.5) is 5.69 Å². The van der Waals surface area contributed by atoms with Crippen LogP contribution in [0.15, 0.2) is 59.4 Å². The van der Waals surface area contributed by atoms with Gasteiger partial charge in [0.1, 0.15) is 6.04 Å². The zero-order chi connectivity index (χ0) is 33.0. The van der Waals surface area contributed by atoms with E-state index in [-0.39, 0.29) is 35.2 Å². The van der Waals surface area contributed by atoms with E-state index >= 15 is 0 Å². The number of imidazole rings is 1. The zero-order valence-corrected chi connectivity index (χ0v) is 27.1. The van der Waals surface area contributed by atoms with Gasteiger partial charge in [0, 0.05) is 29.6 Å². The molecule has 5 rings (SSSR count). The first kappa shape index (κ1) is 33.0. The van der Waals surface area contributed by atoms with Gasteiger partial charge in [0.25, 0.3) is 5.91 Å². The second kappa shape index (κ2) is 14.3. The number of carbonyl (C=O) groups is 3. The summed E-state index contributed by atoms with van der Waals surface area (Å²) in [5.74, 6) is -0.397. The first-order valence-electron chi connectivity index (χ1n) is 15.7. The second-order valence-electron chi connectivity index (χ2n) is 12.5. The molecular formula is C35H41ClN6O4. The first-order chi connectivity index (χ1) is 22.0. The molecule has 0 unspecified atom stereocenters. The van der Waals surface area contributed by atoms with Crippen LogP contribution in [0.25, 0.3) is 22.2 Å². The third-order valence-corrected chi connectivity index (χ3v) is 8.94. The molecule has 0 spiro atoms. The minimum atomic E-state index is -0.856. The quantitative estimate of drug-likeness (QED) is 0.142. The smallest absolute Gasteiger partial charge is 0.323 e. The normalized spacial score (nSPS) is 17.1. The molecule has 1 aliphatic carbocycles. The van der Waals surface area contributed by atoms with Crippen molar-refractivity contribution in [2.45, 2.75) is 65.0 Å². The molecule has 1 fully saturated rings. The lowest BCUT2D eigenvalue weighted by molar-refractivity contribution is -0.130. The second-order valence-corrected chi connectivity index (χ2v) is 12.9.